The van der Waals surface area contributed by atoms with E-state index in [2.05, 4.69) is 4.99 Å². The molecular formula is C17H11NO3. The molecule has 2 aliphatic rings. The lowest BCUT2D eigenvalue weighted by atomic mass is 9.85. The van der Waals surface area contributed by atoms with Crippen molar-refractivity contribution in [2.24, 2.45) is 4.99 Å². The van der Waals surface area contributed by atoms with E-state index in [1.165, 1.54) is 0 Å². The van der Waals surface area contributed by atoms with Crippen LogP contribution in [-0.4, -0.2) is 29.6 Å². The highest BCUT2D eigenvalue weighted by Crippen LogP contribution is 2.30. The molecule has 2 aromatic carbocycles. The van der Waals surface area contributed by atoms with E-state index in [4.69, 9.17) is 4.74 Å². The number of ether oxygens (including phenoxy) is 1. The van der Waals surface area contributed by atoms with Gasteiger partial charge in [-0.3, -0.25) is 9.59 Å². The molecule has 21 heavy (non-hydrogen) atoms. The van der Waals surface area contributed by atoms with Gasteiger partial charge in [0.05, 0.1) is 0 Å². The number of benzene rings is 2. The second-order valence-electron chi connectivity index (χ2n) is 5.06. The van der Waals surface area contributed by atoms with Gasteiger partial charge in [-0.05, 0) is 12.1 Å². The lowest BCUT2D eigenvalue weighted by Gasteiger charge is -2.22. The standard InChI is InChI=1S/C17H11NO3/c19-14-11-8-4-5-9-12(11)15(20)16-13(14)18-17(21-16)10-6-2-1-3-7-10/h1-9,13,16H. The fourth-order valence-corrected chi connectivity index (χ4v) is 2.75. The van der Waals surface area contributed by atoms with Gasteiger partial charge in [0, 0.05) is 16.7 Å². The average molecular weight is 277 g/mol. The SMILES string of the molecule is O=C1c2ccccc2C(=O)C2OC(c3ccccc3)=NC12. The van der Waals surface area contributed by atoms with Gasteiger partial charge in [-0.15, -0.1) is 0 Å². The Morgan fingerprint density at radius 3 is 2.14 bits per heavy atom. The first-order valence-corrected chi connectivity index (χ1v) is 6.73. The van der Waals surface area contributed by atoms with E-state index in [0.717, 1.165) is 5.56 Å². The van der Waals surface area contributed by atoms with Crippen LogP contribution in [-0.2, 0) is 4.74 Å². The van der Waals surface area contributed by atoms with Crippen LogP contribution in [0.5, 0.6) is 0 Å². The zero-order valence-corrected chi connectivity index (χ0v) is 11.0. The number of carbonyl (C=O) groups excluding carboxylic acids is 2. The summed E-state index contributed by atoms with van der Waals surface area (Å²) in [5, 5.41) is 0. The summed E-state index contributed by atoms with van der Waals surface area (Å²) in [6.45, 7) is 0. The van der Waals surface area contributed by atoms with Crippen LogP contribution in [0.3, 0.4) is 0 Å². The quantitative estimate of drug-likeness (QED) is 0.803. The van der Waals surface area contributed by atoms with Gasteiger partial charge in [0.25, 0.3) is 0 Å². The highest BCUT2D eigenvalue weighted by atomic mass is 16.5. The van der Waals surface area contributed by atoms with Crippen LogP contribution >= 0.6 is 0 Å². The smallest absolute Gasteiger partial charge is 0.217 e. The van der Waals surface area contributed by atoms with Crippen molar-refractivity contribution in [1.82, 2.24) is 0 Å². The molecule has 1 aliphatic carbocycles. The maximum absolute atomic E-state index is 12.5. The number of nitrogens with zero attached hydrogens (tertiary/aromatic N) is 1. The summed E-state index contributed by atoms with van der Waals surface area (Å²) in [4.78, 5) is 29.3. The van der Waals surface area contributed by atoms with Crippen LogP contribution in [0.4, 0.5) is 0 Å². The number of hydrogen-bond donors (Lipinski definition) is 0. The van der Waals surface area contributed by atoms with Gasteiger partial charge in [-0.1, -0.05) is 42.5 Å². The van der Waals surface area contributed by atoms with Crippen LogP contribution in [0.2, 0.25) is 0 Å². The van der Waals surface area contributed by atoms with Gasteiger partial charge in [0.2, 0.25) is 11.7 Å². The maximum atomic E-state index is 12.5. The molecule has 0 radical (unpaired) electrons. The predicted molar refractivity (Wildman–Crippen MR) is 76.7 cm³/mol. The normalized spacial score (nSPS) is 23.1. The summed E-state index contributed by atoms with van der Waals surface area (Å²) in [5.74, 6) is 0.0334. The van der Waals surface area contributed by atoms with Crippen LogP contribution < -0.4 is 0 Å². The molecule has 4 heteroatoms. The largest absolute Gasteiger partial charge is 0.463 e. The van der Waals surface area contributed by atoms with Crippen molar-refractivity contribution >= 4 is 17.5 Å². The summed E-state index contributed by atoms with van der Waals surface area (Å²) in [6, 6.07) is 15.4. The summed E-state index contributed by atoms with van der Waals surface area (Å²) < 4.78 is 5.67. The Morgan fingerprint density at radius 1 is 0.810 bits per heavy atom. The summed E-state index contributed by atoms with van der Waals surface area (Å²) in [5.41, 5.74) is 1.63. The molecule has 2 aromatic rings. The lowest BCUT2D eigenvalue weighted by Crippen LogP contribution is -2.42. The molecule has 0 saturated carbocycles. The Balaban J connectivity index is 1.78. The highest BCUT2D eigenvalue weighted by molar-refractivity contribution is 6.21. The Hall–Kier alpha value is -2.75. The first kappa shape index (κ1) is 12.0. The third-order valence-electron chi connectivity index (χ3n) is 3.79. The summed E-state index contributed by atoms with van der Waals surface area (Å²) in [7, 11) is 0. The number of rotatable bonds is 1. The lowest BCUT2D eigenvalue weighted by molar-refractivity contribution is 0.0688. The van der Waals surface area contributed by atoms with Crippen molar-refractivity contribution in [2.75, 3.05) is 0 Å². The Morgan fingerprint density at radius 2 is 1.43 bits per heavy atom. The van der Waals surface area contributed by atoms with Crippen molar-refractivity contribution in [2.45, 2.75) is 12.1 Å². The Bertz CT molecular complexity index is 780. The number of fused-ring (bicyclic) bond motifs is 2. The molecule has 0 amide bonds. The zero-order chi connectivity index (χ0) is 14.4. The molecule has 0 fully saturated rings. The van der Waals surface area contributed by atoms with Crippen LogP contribution in [0, 0.1) is 0 Å². The second kappa shape index (κ2) is 4.38. The fraction of sp³-hybridized carbons (Fsp3) is 0.118. The molecule has 1 heterocycles. The van der Waals surface area contributed by atoms with Gasteiger partial charge in [0.15, 0.2) is 17.9 Å². The molecule has 102 valence electrons. The van der Waals surface area contributed by atoms with Crippen molar-refractivity contribution in [3.8, 4) is 0 Å². The molecule has 2 unspecified atom stereocenters. The molecule has 0 spiro atoms. The first-order valence-electron chi connectivity index (χ1n) is 6.73. The van der Waals surface area contributed by atoms with Gasteiger partial charge in [-0.2, -0.15) is 0 Å². The monoisotopic (exact) mass is 277 g/mol. The van der Waals surface area contributed by atoms with Crippen molar-refractivity contribution in [3.05, 3.63) is 71.3 Å². The van der Waals surface area contributed by atoms with E-state index in [1.54, 1.807) is 24.3 Å². The number of aliphatic imine (C=N–C) groups is 1. The molecule has 0 bridgehead atoms. The van der Waals surface area contributed by atoms with E-state index in [1.807, 2.05) is 30.3 Å². The number of hydrogen-bond acceptors (Lipinski definition) is 4. The second-order valence-corrected chi connectivity index (χ2v) is 5.06. The first-order chi connectivity index (χ1) is 10.3. The average Bonchev–Trinajstić information content (AvgIpc) is 2.99. The minimum Gasteiger partial charge on any atom is -0.463 e. The number of Topliss-reactive ketones (excluding diaryl/α,β-unsaturated/α-hetero) is 2. The molecule has 4 rings (SSSR count). The van der Waals surface area contributed by atoms with Crippen molar-refractivity contribution < 1.29 is 14.3 Å². The van der Waals surface area contributed by atoms with Crippen molar-refractivity contribution in [1.29, 1.82) is 0 Å². The van der Waals surface area contributed by atoms with Gasteiger partial charge in [-0.25, -0.2) is 4.99 Å². The van der Waals surface area contributed by atoms with Crippen LogP contribution in [0.1, 0.15) is 26.3 Å². The van der Waals surface area contributed by atoms with E-state index in [0.29, 0.717) is 17.0 Å². The van der Waals surface area contributed by atoms with E-state index >= 15 is 0 Å². The minimum absolute atomic E-state index is 0.152. The third kappa shape index (κ3) is 1.72. The zero-order valence-electron chi connectivity index (χ0n) is 11.0. The van der Waals surface area contributed by atoms with Crippen molar-refractivity contribution in [3.63, 3.8) is 0 Å². The predicted octanol–water partition coefficient (Wildman–Crippen LogP) is 2.28. The summed E-state index contributed by atoms with van der Waals surface area (Å²) in [6.07, 6.45) is -0.831. The number of ketones is 2. The molecule has 2 atom stereocenters. The third-order valence-corrected chi connectivity index (χ3v) is 3.79. The van der Waals surface area contributed by atoms with E-state index in [-0.39, 0.29) is 11.6 Å². The molecule has 0 saturated heterocycles. The molecule has 0 N–H and O–H groups in total. The topological polar surface area (TPSA) is 55.7 Å². The molecular weight excluding hydrogens is 266 g/mol. The van der Waals surface area contributed by atoms with E-state index < -0.39 is 12.1 Å². The van der Waals surface area contributed by atoms with Gasteiger partial charge >= 0.3 is 0 Å². The summed E-state index contributed by atoms with van der Waals surface area (Å²) >= 11 is 0. The van der Waals surface area contributed by atoms with E-state index in [9.17, 15) is 9.59 Å². The Kier molecular flexibility index (Phi) is 2.51. The number of carbonyl (C=O) groups is 2. The van der Waals surface area contributed by atoms with Gasteiger partial charge < -0.3 is 4.74 Å². The maximum Gasteiger partial charge on any atom is 0.217 e. The van der Waals surface area contributed by atoms with Gasteiger partial charge in [0.1, 0.15) is 0 Å². The molecule has 0 aromatic heterocycles. The molecule has 1 aliphatic heterocycles. The van der Waals surface area contributed by atoms with Crippen LogP contribution in [0.25, 0.3) is 0 Å². The minimum atomic E-state index is -0.831. The highest BCUT2D eigenvalue weighted by Gasteiger charge is 2.47. The Labute approximate surface area is 121 Å². The van der Waals surface area contributed by atoms with Crippen LogP contribution in [0.15, 0.2) is 59.6 Å². The fourth-order valence-electron chi connectivity index (χ4n) is 2.75. The molecule has 4 nitrogen and oxygen atoms in total.